The predicted octanol–water partition coefficient (Wildman–Crippen LogP) is 7.99. The molecule has 7 nitrogen and oxygen atoms in total. The van der Waals surface area contributed by atoms with Crippen LogP contribution in [0.2, 0.25) is 0 Å². The number of unbranched alkanes of at least 4 members (excludes halogenated alkanes) is 3. The standard InChI is InChI=1S/C28H44N4O3.C6H14/c1-7-20(2)22-11-16-31(19-22)24-10-9-23(21(3)29-24)32-15-8-12-28(25(32)33)13-17-30(18-14-28)26(34)35-27(4,5)6;1-3-5-6-4-2/h9-10,20,22H,7-8,11-19H2,1-6H3;3-6H2,1-2H3. The van der Waals surface area contributed by atoms with Crippen LogP contribution in [-0.2, 0) is 9.53 Å². The highest BCUT2D eigenvalue weighted by Gasteiger charge is 2.47. The number of carbonyl (C=O) groups excluding carboxylic acids is 2. The molecule has 0 aromatic carbocycles. The second-order valence-corrected chi connectivity index (χ2v) is 13.7. The van der Waals surface area contributed by atoms with Gasteiger partial charge in [0.2, 0.25) is 5.91 Å². The molecular weight excluding hydrogens is 512 g/mol. The number of piperidine rings is 2. The molecular formula is C34H58N4O3. The third-order valence-electron chi connectivity index (χ3n) is 9.40. The summed E-state index contributed by atoms with van der Waals surface area (Å²) in [5.74, 6) is 2.70. The van der Waals surface area contributed by atoms with E-state index in [1.165, 1.54) is 38.5 Å². The van der Waals surface area contributed by atoms with Gasteiger partial charge in [-0.1, -0.05) is 59.8 Å². The summed E-state index contributed by atoms with van der Waals surface area (Å²) < 4.78 is 5.54. The molecule has 0 aliphatic carbocycles. The Labute approximate surface area is 250 Å². The molecule has 0 N–H and O–H groups in total. The van der Waals surface area contributed by atoms with Gasteiger partial charge in [0.05, 0.1) is 16.8 Å². The molecule has 1 aromatic rings. The highest BCUT2D eigenvalue weighted by Crippen LogP contribution is 2.43. The molecule has 3 saturated heterocycles. The molecule has 0 radical (unpaired) electrons. The third kappa shape index (κ3) is 8.61. The average molecular weight is 571 g/mol. The summed E-state index contributed by atoms with van der Waals surface area (Å²) in [7, 11) is 0. The zero-order valence-electron chi connectivity index (χ0n) is 27.4. The molecule has 1 aromatic heterocycles. The van der Waals surface area contributed by atoms with Crippen LogP contribution in [0.1, 0.15) is 118 Å². The first-order valence-electron chi connectivity index (χ1n) is 16.5. The van der Waals surface area contributed by atoms with Gasteiger partial charge in [0.15, 0.2) is 0 Å². The molecule has 0 saturated carbocycles. The van der Waals surface area contributed by atoms with Gasteiger partial charge in [0.1, 0.15) is 11.4 Å². The lowest BCUT2D eigenvalue weighted by Crippen LogP contribution is -2.55. The van der Waals surface area contributed by atoms with Crippen LogP contribution in [0.25, 0.3) is 0 Å². The molecule has 3 fully saturated rings. The number of aryl methyl sites for hydroxylation is 1. The van der Waals surface area contributed by atoms with Crippen molar-refractivity contribution in [3.05, 3.63) is 17.8 Å². The third-order valence-corrected chi connectivity index (χ3v) is 9.40. The summed E-state index contributed by atoms with van der Waals surface area (Å²) in [4.78, 5) is 37.4. The minimum atomic E-state index is -0.509. The fourth-order valence-electron chi connectivity index (χ4n) is 6.50. The van der Waals surface area contributed by atoms with Crippen molar-refractivity contribution in [3.8, 4) is 0 Å². The number of amides is 2. The van der Waals surface area contributed by atoms with E-state index in [9.17, 15) is 9.59 Å². The van der Waals surface area contributed by atoms with Crippen LogP contribution in [0.5, 0.6) is 0 Å². The number of ether oxygens (including phenoxy) is 1. The molecule has 7 heteroatoms. The van der Waals surface area contributed by atoms with Crippen LogP contribution in [0.15, 0.2) is 12.1 Å². The van der Waals surface area contributed by atoms with Gasteiger partial charge >= 0.3 is 6.09 Å². The maximum atomic E-state index is 13.8. The molecule has 2 unspecified atom stereocenters. The maximum Gasteiger partial charge on any atom is 0.410 e. The van der Waals surface area contributed by atoms with Gasteiger partial charge < -0.3 is 19.4 Å². The SMILES string of the molecule is CCC(C)C1CCN(c2ccc(N3CCCC4(CCN(C(=O)OC(C)(C)C)CC4)C3=O)c(C)n2)C1.CCCCCC. The fraction of sp³-hybridized carbons (Fsp3) is 0.794. The van der Waals surface area contributed by atoms with E-state index in [4.69, 9.17) is 9.72 Å². The van der Waals surface area contributed by atoms with E-state index < -0.39 is 5.60 Å². The first kappa shape index (κ1) is 33.2. The van der Waals surface area contributed by atoms with Crippen LogP contribution in [0.3, 0.4) is 0 Å². The van der Waals surface area contributed by atoms with Crippen molar-refractivity contribution in [2.75, 3.05) is 42.5 Å². The van der Waals surface area contributed by atoms with Gasteiger partial charge in [-0.05, 0) is 83.8 Å². The van der Waals surface area contributed by atoms with E-state index in [0.717, 1.165) is 61.5 Å². The van der Waals surface area contributed by atoms with Crippen molar-refractivity contribution < 1.29 is 14.3 Å². The summed E-state index contributed by atoms with van der Waals surface area (Å²) in [5.41, 5.74) is 0.960. The van der Waals surface area contributed by atoms with Crippen molar-refractivity contribution in [1.82, 2.24) is 9.88 Å². The highest BCUT2D eigenvalue weighted by molar-refractivity contribution is 5.99. The van der Waals surface area contributed by atoms with Crippen molar-refractivity contribution in [2.24, 2.45) is 17.3 Å². The first-order chi connectivity index (χ1) is 19.4. The largest absolute Gasteiger partial charge is 0.444 e. The Morgan fingerprint density at radius 2 is 1.71 bits per heavy atom. The van der Waals surface area contributed by atoms with E-state index in [2.05, 4.69) is 44.7 Å². The Morgan fingerprint density at radius 1 is 1.05 bits per heavy atom. The number of pyridine rings is 1. The monoisotopic (exact) mass is 570 g/mol. The lowest BCUT2D eigenvalue weighted by atomic mass is 9.71. The van der Waals surface area contributed by atoms with Crippen molar-refractivity contribution in [2.45, 2.75) is 125 Å². The zero-order chi connectivity index (χ0) is 30.2. The first-order valence-corrected chi connectivity index (χ1v) is 16.5. The van der Waals surface area contributed by atoms with Crippen molar-refractivity contribution >= 4 is 23.5 Å². The van der Waals surface area contributed by atoms with E-state index in [-0.39, 0.29) is 17.4 Å². The van der Waals surface area contributed by atoms with Crippen LogP contribution in [0, 0.1) is 24.2 Å². The number of rotatable bonds is 7. The molecule has 0 bridgehead atoms. The average Bonchev–Trinajstić information content (AvgIpc) is 3.44. The number of carbonyl (C=O) groups is 2. The molecule has 3 aliphatic rings. The molecule has 232 valence electrons. The van der Waals surface area contributed by atoms with Gasteiger partial charge in [0.25, 0.3) is 0 Å². The molecule has 3 aliphatic heterocycles. The molecule has 4 rings (SSSR count). The van der Waals surface area contributed by atoms with Crippen molar-refractivity contribution in [1.29, 1.82) is 0 Å². The quantitative estimate of drug-likeness (QED) is 0.311. The molecule has 4 heterocycles. The van der Waals surface area contributed by atoms with Crippen LogP contribution in [0.4, 0.5) is 16.3 Å². The van der Waals surface area contributed by atoms with E-state index in [0.29, 0.717) is 25.9 Å². The normalized spacial score (nSPS) is 21.5. The Balaban J connectivity index is 0.000000696. The van der Waals surface area contributed by atoms with E-state index >= 15 is 0 Å². The fourth-order valence-corrected chi connectivity index (χ4v) is 6.50. The van der Waals surface area contributed by atoms with Gasteiger partial charge in [-0.3, -0.25) is 4.79 Å². The van der Waals surface area contributed by atoms with Gasteiger partial charge in [-0.2, -0.15) is 0 Å². The van der Waals surface area contributed by atoms with Crippen LogP contribution >= 0.6 is 0 Å². The van der Waals surface area contributed by atoms with Crippen LogP contribution in [-0.4, -0.2) is 60.2 Å². The Kier molecular flexibility index (Phi) is 11.9. The predicted molar refractivity (Wildman–Crippen MR) is 170 cm³/mol. The number of nitrogens with zero attached hydrogens (tertiary/aromatic N) is 4. The number of hydrogen-bond donors (Lipinski definition) is 0. The molecule has 41 heavy (non-hydrogen) atoms. The minimum absolute atomic E-state index is 0.197. The summed E-state index contributed by atoms with van der Waals surface area (Å²) in [6.07, 6.45) is 11.0. The Morgan fingerprint density at radius 3 is 2.27 bits per heavy atom. The Bertz CT molecular complexity index is 992. The lowest BCUT2D eigenvalue weighted by Gasteiger charge is -2.46. The van der Waals surface area contributed by atoms with Gasteiger partial charge in [-0.25, -0.2) is 9.78 Å². The Hall–Kier alpha value is -2.31. The summed E-state index contributed by atoms with van der Waals surface area (Å²) in [5, 5.41) is 0. The van der Waals surface area contributed by atoms with Gasteiger partial charge in [-0.15, -0.1) is 0 Å². The van der Waals surface area contributed by atoms with E-state index in [1.54, 1.807) is 4.90 Å². The van der Waals surface area contributed by atoms with E-state index in [1.807, 2.05) is 32.6 Å². The molecule has 1 spiro atoms. The van der Waals surface area contributed by atoms with Crippen molar-refractivity contribution in [3.63, 3.8) is 0 Å². The molecule has 2 atom stereocenters. The second kappa shape index (κ2) is 14.7. The minimum Gasteiger partial charge on any atom is -0.444 e. The summed E-state index contributed by atoms with van der Waals surface area (Å²) in [6, 6.07) is 4.20. The number of likely N-dealkylation sites (tertiary alicyclic amines) is 1. The summed E-state index contributed by atoms with van der Waals surface area (Å²) >= 11 is 0. The number of aromatic nitrogens is 1. The smallest absolute Gasteiger partial charge is 0.410 e. The zero-order valence-corrected chi connectivity index (χ0v) is 27.4. The topological polar surface area (TPSA) is 66.0 Å². The summed E-state index contributed by atoms with van der Waals surface area (Å²) in [6.45, 7) is 20.8. The number of hydrogen-bond acceptors (Lipinski definition) is 5. The number of anilines is 2. The highest BCUT2D eigenvalue weighted by atomic mass is 16.6. The van der Waals surface area contributed by atoms with Crippen LogP contribution < -0.4 is 9.80 Å². The maximum absolute atomic E-state index is 13.8. The second-order valence-electron chi connectivity index (χ2n) is 13.7. The molecule has 2 amide bonds. The van der Waals surface area contributed by atoms with Gasteiger partial charge in [0, 0.05) is 32.7 Å². The lowest BCUT2D eigenvalue weighted by molar-refractivity contribution is -0.133.